The van der Waals surface area contributed by atoms with Gasteiger partial charge in [-0.05, 0) is 43.5 Å². The molecule has 0 saturated carbocycles. The summed E-state index contributed by atoms with van der Waals surface area (Å²) in [4.78, 5) is 14.0. The lowest BCUT2D eigenvalue weighted by molar-refractivity contribution is -0.123. The summed E-state index contributed by atoms with van der Waals surface area (Å²) in [6, 6.07) is 5.89. The molecule has 1 heterocycles. The van der Waals surface area contributed by atoms with Crippen LogP contribution in [0.1, 0.15) is 25.8 Å². The minimum Gasteiger partial charge on any atom is -0.399 e. The molecule has 98 valence electrons. The molecular formula is C14H20N2O2. The molecule has 0 spiro atoms. The van der Waals surface area contributed by atoms with E-state index in [1.54, 1.807) is 0 Å². The first-order chi connectivity index (χ1) is 8.63. The van der Waals surface area contributed by atoms with Gasteiger partial charge in [0.15, 0.2) is 0 Å². The van der Waals surface area contributed by atoms with Crippen LogP contribution in [0.15, 0.2) is 18.2 Å². The summed E-state index contributed by atoms with van der Waals surface area (Å²) < 4.78 is 5.33. The van der Waals surface area contributed by atoms with Crippen LogP contribution in [0.3, 0.4) is 0 Å². The van der Waals surface area contributed by atoms with Crippen molar-refractivity contribution in [3.63, 3.8) is 0 Å². The first-order valence-corrected chi connectivity index (χ1v) is 6.41. The first kappa shape index (κ1) is 12.9. The molecule has 0 fully saturated rings. The zero-order valence-electron chi connectivity index (χ0n) is 11.0. The van der Waals surface area contributed by atoms with Crippen LogP contribution < -0.4 is 10.6 Å². The predicted molar refractivity (Wildman–Crippen MR) is 72.6 cm³/mol. The lowest BCUT2D eigenvalue weighted by Gasteiger charge is -2.22. The highest BCUT2D eigenvalue weighted by atomic mass is 16.5. The number of carbonyl (C=O) groups is 1. The quantitative estimate of drug-likeness (QED) is 0.654. The number of nitrogens with zero attached hydrogens (tertiary/aromatic N) is 1. The maximum absolute atomic E-state index is 12.1. The van der Waals surface area contributed by atoms with Crippen LogP contribution in [-0.2, 0) is 16.0 Å². The van der Waals surface area contributed by atoms with Crippen LogP contribution in [0.5, 0.6) is 0 Å². The molecule has 0 radical (unpaired) electrons. The van der Waals surface area contributed by atoms with Gasteiger partial charge >= 0.3 is 0 Å². The number of benzene rings is 1. The molecule has 4 nitrogen and oxygen atoms in total. The van der Waals surface area contributed by atoms with E-state index in [0.29, 0.717) is 6.61 Å². The summed E-state index contributed by atoms with van der Waals surface area (Å²) in [5.41, 5.74) is 8.63. The van der Waals surface area contributed by atoms with Gasteiger partial charge in [-0.15, -0.1) is 0 Å². The number of anilines is 2. The number of hydrogen-bond donors (Lipinski definition) is 1. The number of hydrogen-bond acceptors (Lipinski definition) is 3. The van der Waals surface area contributed by atoms with Crippen LogP contribution in [0.4, 0.5) is 11.4 Å². The average Bonchev–Trinajstić information content (AvgIpc) is 2.64. The number of rotatable bonds is 4. The Morgan fingerprint density at radius 2 is 2.33 bits per heavy atom. The highest BCUT2D eigenvalue weighted by molar-refractivity contribution is 5.97. The van der Waals surface area contributed by atoms with Gasteiger partial charge in [-0.25, -0.2) is 0 Å². The molecule has 2 N–H and O–H groups in total. The summed E-state index contributed by atoms with van der Waals surface area (Å²) in [5.74, 6) is 0.0273. The van der Waals surface area contributed by atoms with Crippen molar-refractivity contribution in [1.29, 1.82) is 0 Å². The fraction of sp³-hybridized carbons (Fsp3) is 0.500. The fourth-order valence-electron chi connectivity index (χ4n) is 2.40. The van der Waals surface area contributed by atoms with Crippen molar-refractivity contribution in [2.75, 3.05) is 23.8 Å². The molecule has 1 atom stereocenters. The van der Waals surface area contributed by atoms with Crippen LogP contribution in [-0.4, -0.2) is 25.2 Å². The molecule has 4 heteroatoms. The van der Waals surface area contributed by atoms with E-state index in [1.807, 2.05) is 36.9 Å². The zero-order chi connectivity index (χ0) is 13.1. The third-order valence-corrected chi connectivity index (χ3v) is 3.16. The topological polar surface area (TPSA) is 55.6 Å². The van der Waals surface area contributed by atoms with Crippen molar-refractivity contribution in [2.24, 2.45) is 0 Å². The van der Waals surface area contributed by atoms with Crippen LogP contribution in [0, 0.1) is 0 Å². The third-order valence-electron chi connectivity index (χ3n) is 3.16. The number of nitrogen functional groups attached to an aromatic ring is 1. The highest BCUT2D eigenvalue weighted by Gasteiger charge is 2.30. The molecule has 18 heavy (non-hydrogen) atoms. The predicted octanol–water partition coefficient (Wildman–Crippen LogP) is 1.97. The molecule has 1 unspecified atom stereocenters. The van der Waals surface area contributed by atoms with Crippen LogP contribution in [0.2, 0.25) is 0 Å². The van der Waals surface area contributed by atoms with E-state index in [9.17, 15) is 4.79 Å². The summed E-state index contributed by atoms with van der Waals surface area (Å²) >= 11 is 0. The standard InChI is InChI=1S/C14H20N2O2/c1-3-6-18-9-14(17)16-10(2)7-11-8-12(15)4-5-13(11)16/h4-5,8,10H,3,6-7,9,15H2,1-2H3. The smallest absolute Gasteiger partial charge is 0.253 e. The molecule has 2 rings (SSSR count). The van der Waals surface area contributed by atoms with E-state index >= 15 is 0 Å². The van der Waals surface area contributed by atoms with Gasteiger partial charge in [0.25, 0.3) is 5.91 Å². The minimum atomic E-state index is 0.0273. The molecule has 1 aromatic rings. The molecule has 0 bridgehead atoms. The van der Waals surface area contributed by atoms with Crippen molar-refractivity contribution >= 4 is 17.3 Å². The Hall–Kier alpha value is -1.55. The van der Waals surface area contributed by atoms with Crippen LogP contribution >= 0.6 is 0 Å². The van der Waals surface area contributed by atoms with Gasteiger partial charge < -0.3 is 15.4 Å². The van der Waals surface area contributed by atoms with Gasteiger partial charge in [0.05, 0.1) is 0 Å². The Kier molecular flexibility index (Phi) is 3.87. The second-order valence-electron chi connectivity index (χ2n) is 4.76. The van der Waals surface area contributed by atoms with E-state index in [2.05, 4.69) is 0 Å². The van der Waals surface area contributed by atoms with Gasteiger partial charge in [-0.2, -0.15) is 0 Å². The van der Waals surface area contributed by atoms with Gasteiger partial charge in [-0.3, -0.25) is 4.79 Å². The van der Waals surface area contributed by atoms with Crippen LogP contribution in [0.25, 0.3) is 0 Å². The Bertz CT molecular complexity index is 445. The average molecular weight is 248 g/mol. The second kappa shape index (κ2) is 5.40. The number of fused-ring (bicyclic) bond motifs is 1. The lowest BCUT2D eigenvalue weighted by atomic mass is 10.1. The van der Waals surface area contributed by atoms with Gasteiger partial charge in [-0.1, -0.05) is 6.92 Å². The van der Waals surface area contributed by atoms with Crippen molar-refractivity contribution < 1.29 is 9.53 Å². The number of carbonyl (C=O) groups excluding carboxylic acids is 1. The van der Waals surface area contributed by atoms with E-state index in [4.69, 9.17) is 10.5 Å². The molecule has 0 saturated heterocycles. The van der Waals surface area contributed by atoms with E-state index < -0.39 is 0 Å². The van der Waals surface area contributed by atoms with Crippen molar-refractivity contribution in [3.8, 4) is 0 Å². The number of ether oxygens (including phenoxy) is 1. The molecule has 1 aliphatic rings. The van der Waals surface area contributed by atoms with Crippen molar-refractivity contribution in [2.45, 2.75) is 32.7 Å². The summed E-state index contributed by atoms with van der Waals surface area (Å²) in [6.45, 7) is 4.86. The maximum Gasteiger partial charge on any atom is 0.253 e. The van der Waals surface area contributed by atoms with E-state index in [-0.39, 0.29) is 18.6 Å². The maximum atomic E-state index is 12.1. The fourth-order valence-corrected chi connectivity index (χ4v) is 2.40. The first-order valence-electron chi connectivity index (χ1n) is 6.41. The summed E-state index contributed by atoms with van der Waals surface area (Å²) in [7, 11) is 0. The number of amides is 1. The SMILES string of the molecule is CCCOCC(=O)N1c2ccc(N)cc2CC1C. The van der Waals surface area contributed by atoms with E-state index in [0.717, 1.165) is 29.8 Å². The normalized spacial score (nSPS) is 17.9. The zero-order valence-corrected chi connectivity index (χ0v) is 11.0. The largest absolute Gasteiger partial charge is 0.399 e. The molecule has 0 aromatic heterocycles. The molecule has 0 aliphatic carbocycles. The lowest BCUT2D eigenvalue weighted by Crippen LogP contribution is -2.38. The Balaban J connectivity index is 2.12. The van der Waals surface area contributed by atoms with E-state index in [1.165, 1.54) is 0 Å². The van der Waals surface area contributed by atoms with Gasteiger partial charge in [0, 0.05) is 24.0 Å². The molecule has 1 aromatic carbocycles. The Labute approximate surface area is 108 Å². The molecule has 1 aliphatic heterocycles. The number of nitrogens with two attached hydrogens (primary N) is 1. The van der Waals surface area contributed by atoms with Gasteiger partial charge in [0.2, 0.25) is 0 Å². The Morgan fingerprint density at radius 3 is 3.06 bits per heavy atom. The monoisotopic (exact) mass is 248 g/mol. The van der Waals surface area contributed by atoms with Gasteiger partial charge in [0.1, 0.15) is 6.61 Å². The molecular weight excluding hydrogens is 228 g/mol. The summed E-state index contributed by atoms with van der Waals surface area (Å²) in [5, 5.41) is 0. The minimum absolute atomic E-state index is 0.0273. The Morgan fingerprint density at radius 1 is 1.56 bits per heavy atom. The third kappa shape index (κ3) is 2.48. The summed E-state index contributed by atoms with van der Waals surface area (Å²) in [6.07, 6.45) is 1.79. The second-order valence-corrected chi connectivity index (χ2v) is 4.76. The van der Waals surface area contributed by atoms with Crippen molar-refractivity contribution in [1.82, 2.24) is 0 Å². The van der Waals surface area contributed by atoms with Crippen molar-refractivity contribution in [3.05, 3.63) is 23.8 Å². The highest BCUT2D eigenvalue weighted by Crippen LogP contribution is 2.33. The molecule has 1 amide bonds.